The van der Waals surface area contributed by atoms with Crippen LogP contribution in [-0.2, 0) is 13.1 Å². The van der Waals surface area contributed by atoms with E-state index >= 15 is 0 Å². The summed E-state index contributed by atoms with van der Waals surface area (Å²) in [5, 5.41) is 12.0. The first-order valence-corrected chi connectivity index (χ1v) is 10.1. The van der Waals surface area contributed by atoms with Crippen molar-refractivity contribution in [3.8, 4) is 5.75 Å². The molecule has 0 saturated heterocycles. The van der Waals surface area contributed by atoms with Crippen LogP contribution in [-0.4, -0.2) is 41.2 Å². The molecule has 0 fully saturated rings. The van der Waals surface area contributed by atoms with Gasteiger partial charge in [0.25, 0.3) is 5.91 Å². The minimum Gasteiger partial charge on any atom is -0.494 e. The number of hydrogen-bond acceptors (Lipinski definition) is 6. The van der Waals surface area contributed by atoms with Crippen molar-refractivity contribution >= 4 is 17.2 Å². The fourth-order valence-electron chi connectivity index (χ4n) is 2.62. The van der Waals surface area contributed by atoms with Crippen molar-refractivity contribution in [3.63, 3.8) is 0 Å². The summed E-state index contributed by atoms with van der Waals surface area (Å²) < 4.78 is 18.6. The Balaban J connectivity index is 1.38. The van der Waals surface area contributed by atoms with Gasteiger partial charge >= 0.3 is 0 Å². The second kappa shape index (κ2) is 10.6. The summed E-state index contributed by atoms with van der Waals surface area (Å²) in [6, 6.07) is 15.7. The zero-order valence-corrected chi connectivity index (χ0v) is 17.0. The molecule has 0 unspecified atom stereocenters. The van der Waals surface area contributed by atoms with Crippen LogP contribution in [0.3, 0.4) is 0 Å². The van der Waals surface area contributed by atoms with Crippen LogP contribution in [0.5, 0.6) is 5.75 Å². The zero-order chi connectivity index (χ0) is 20.5. The van der Waals surface area contributed by atoms with Crippen molar-refractivity contribution < 1.29 is 13.9 Å². The number of ether oxygens (including phenoxy) is 1. The first-order chi connectivity index (χ1) is 14.1. The molecular formula is C21H23FN4O2S. The number of para-hydroxylation sites is 1. The highest BCUT2D eigenvalue weighted by atomic mass is 32.1. The van der Waals surface area contributed by atoms with E-state index in [1.165, 1.54) is 23.5 Å². The number of halogens is 1. The van der Waals surface area contributed by atoms with E-state index in [0.29, 0.717) is 24.7 Å². The molecular weight excluding hydrogens is 391 g/mol. The largest absolute Gasteiger partial charge is 0.494 e. The normalized spacial score (nSPS) is 10.9. The molecule has 1 amide bonds. The highest BCUT2D eigenvalue weighted by Crippen LogP contribution is 2.13. The summed E-state index contributed by atoms with van der Waals surface area (Å²) in [6.45, 7) is 2.42. The van der Waals surface area contributed by atoms with E-state index in [4.69, 9.17) is 4.74 Å². The van der Waals surface area contributed by atoms with Crippen LogP contribution in [0.1, 0.15) is 26.8 Å². The first-order valence-electron chi connectivity index (χ1n) is 9.31. The van der Waals surface area contributed by atoms with E-state index in [1.54, 1.807) is 12.1 Å². The Morgan fingerprint density at radius 1 is 1.14 bits per heavy atom. The van der Waals surface area contributed by atoms with Gasteiger partial charge in [0.15, 0.2) is 0 Å². The molecule has 1 heterocycles. The van der Waals surface area contributed by atoms with Crippen LogP contribution < -0.4 is 10.1 Å². The summed E-state index contributed by atoms with van der Waals surface area (Å²) in [5.74, 6) is 0.289. The highest BCUT2D eigenvalue weighted by Gasteiger charge is 2.13. The summed E-state index contributed by atoms with van der Waals surface area (Å²) in [4.78, 5) is 14.3. The fraction of sp³-hybridized carbons (Fsp3) is 0.286. The second-order valence-electron chi connectivity index (χ2n) is 6.56. The van der Waals surface area contributed by atoms with Crippen molar-refractivity contribution in [1.82, 2.24) is 20.4 Å². The zero-order valence-electron chi connectivity index (χ0n) is 16.2. The van der Waals surface area contributed by atoms with Gasteiger partial charge in [-0.1, -0.05) is 41.7 Å². The lowest BCUT2D eigenvalue weighted by Gasteiger charge is -2.14. The topological polar surface area (TPSA) is 67.3 Å². The Labute approximate surface area is 173 Å². The van der Waals surface area contributed by atoms with Crippen molar-refractivity contribution in [2.24, 2.45) is 0 Å². The Morgan fingerprint density at radius 2 is 1.90 bits per heavy atom. The Morgan fingerprint density at radius 3 is 2.66 bits per heavy atom. The Bertz CT molecular complexity index is 903. The summed E-state index contributed by atoms with van der Waals surface area (Å²) in [5.41, 5.74) is 0.821. The summed E-state index contributed by atoms with van der Waals surface area (Å²) in [7, 11) is 2.00. The number of nitrogens with one attached hydrogen (secondary N) is 1. The molecule has 0 saturated carbocycles. The van der Waals surface area contributed by atoms with Gasteiger partial charge in [0.05, 0.1) is 13.2 Å². The van der Waals surface area contributed by atoms with Gasteiger partial charge in [-0.25, -0.2) is 4.39 Å². The number of nitrogens with zero attached hydrogens (tertiary/aromatic N) is 3. The molecule has 1 aromatic heterocycles. The third-order valence-corrected chi connectivity index (χ3v) is 5.04. The molecule has 8 heteroatoms. The molecule has 0 aliphatic carbocycles. The van der Waals surface area contributed by atoms with Crippen LogP contribution in [0.4, 0.5) is 4.39 Å². The van der Waals surface area contributed by atoms with Gasteiger partial charge in [-0.2, -0.15) is 0 Å². The van der Waals surface area contributed by atoms with E-state index < -0.39 is 0 Å². The quantitative estimate of drug-likeness (QED) is 0.514. The molecule has 0 aliphatic rings. The molecule has 152 valence electrons. The minimum absolute atomic E-state index is 0.281. The van der Waals surface area contributed by atoms with Crippen LogP contribution in [0.25, 0.3) is 0 Å². The van der Waals surface area contributed by atoms with Gasteiger partial charge in [0.1, 0.15) is 16.6 Å². The average molecular weight is 415 g/mol. The third kappa shape index (κ3) is 6.92. The number of benzene rings is 2. The first kappa shape index (κ1) is 20.9. The predicted octanol–water partition coefficient (Wildman–Crippen LogP) is 3.51. The van der Waals surface area contributed by atoms with Gasteiger partial charge in [-0.3, -0.25) is 9.69 Å². The SMILES string of the molecule is CN(CCCOc1ccccc1)Cc1nnc(C(=O)NCc2ccc(F)cc2)s1. The molecule has 0 aliphatic heterocycles. The lowest BCUT2D eigenvalue weighted by Crippen LogP contribution is -2.22. The number of carbonyl (C=O) groups excluding carboxylic acids is 1. The minimum atomic E-state index is -0.301. The molecule has 0 bridgehead atoms. The number of hydrogen-bond donors (Lipinski definition) is 1. The molecule has 0 radical (unpaired) electrons. The molecule has 6 nitrogen and oxygen atoms in total. The fourth-order valence-corrected chi connectivity index (χ4v) is 3.46. The van der Waals surface area contributed by atoms with Gasteiger partial charge in [0, 0.05) is 13.1 Å². The van der Waals surface area contributed by atoms with E-state index in [-0.39, 0.29) is 11.7 Å². The number of amides is 1. The van der Waals surface area contributed by atoms with E-state index in [2.05, 4.69) is 20.4 Å². The molecule has 3 aromatic rings. The lowest BCUT2D eigenvalue weighted by molar-refractivity contribution is 0.0950. The highest BCUT2D eigenvalue weighted by molar-refractivity contribution is 7.13. The van der Waals surface area contributed by atoms with Crippen molar-refractivity contribution in [2.45, 2.75) is 19.5 Å². The van der Waals surface area contributed by atoms with Gasteiger partial charge in [-0.15, -0.1) is 10.2 Å². The number of carbonyl (C=O) groups is 1. The van der Waals surface area contributed by atoms with Crippen LogP contribution in [0.2, 0.25) is 0 Å². The molecule has 0 atom stereocenters. The van der Waals surface area contributed by atoms with Crippen LogP contribution in [0, 0.1) is 5.82 Å². The standard InChI is InChI=1S/C21H23FN4O2S/c1-26(12-5-13-28-18-6-3-2-4-7-18)15-19-24-25-21(29-19)20(27)23-14-16-8-10-17(22)11-9-16/h2-4,6-11H,5,12-15H2,1H3,(H,23,27). The third-order valence-electron chi connectivity index (χ3n) is 4.13. The summed E-state index contributed by atoms with van der Waals surface area (Å²) in [6.07, 6.45) is 0.884. The maximum atomic E-state index is 12.9. The monoisotopic (exact) mass is 414 g/mol. The maximum Gasteiger partial charge on any atom is 0.282 e. The lowest BCUT2D eigenvalue weighted by atomic mass is 10.2. The smallest absolute Gasteiger partial charge is 0.282 e. The summed E-state index contributed by atoms with van der Waals surface area (Å²) >= 11 is 1.28. The molecule has 3 rings (SSSR count). The van der Waals surface area contributed by atoms with Crippen LogP contribution in [0.15, 0.2) is 54.6 Å². The number of rotatable bonds is 10. The average Bonchev–Trinajstić information content (AvgIpc) is 3.20. The van der Waals surface area contributed by atoms with Crippen molar-refractivity contribution in [2.75, 3.05) is 20.2 Å². The van der Waals surface area contributed by atoms with E-state index in [0.717, 1.165) is 29.3 Å². The molecule has 2 aromatic carbocycles. The number of aromatic nitrogens is 2. The van der Waals surface area contributed by atoms with Crippen molar-refractivity contribution in [3.05, 3.63) is 76.0 Å². The van der Waals surface area contributed by atoms with E-state index in [1.807, 2.05) is 37.4 Å². The van der Waals surface area contributed by atoms with Crippen molar-refractivity contribution in [1.29, 1.82) is 0 Å². The van der Waals surface area contributed by atoms with Gasteiger partial charge in [-0.05, 0) is 43.3 Å². The van der Waals surface area contributed by atoms with Gasteiger partial charge in [0.2, 0.25) is 5.01 Å². The Kier molecular flexibility index (Phi) is 7.66. The molecule has 1 N–H and O–H groups in total. The predicted molar refractivity (Wildman–Crippen MR) is 110 cm³/mol. The van der Waals surface area contributed by atoms with Crippen LogP contribution >= 0.6 is 11.3 Å². The maximum absolute atomic E-state index is 12.9. The van der Waals surface area contributed by atoms with Gasteiger partial charge < -0.3 is 10.1 Å². The molecule has 0 spiro atoms. The van der Waals surface area contributed by atoms with E-state index in [9.17, 15) is 9.18 Å². The molecule has 29 heavy (non-hydrogen) atoms. The Hall–Kier alpha value is -2.84. The second-order valence-corrected chi connectivity index (χ2v) is 7.63.